The van der Waals surface area contributed by atoms with Crippen molar-refractivity contribution in [1.82, 2.24) is 37.2 Å². The quantitative estimate of drug-likeness (QED) is 0.0258. The molecule has 0 aromatic rings. The van der Waals surface area contributed by atoms with Crippen molar-refractivity contribution in [2.75, 3.05) is 26.2 Å². The first-order valence-corrected chi connectivity index (χ1v) is 14.7. The first-order chi connectivity index (χ1) is 22.1. The molecule has 0 aliphatic heterocycles. The van der Waals surface area contributed by atoms with Crippen LogP contribution in [0.2, 0.25) is 0 Å². The molecule has 0 radical (unpaired) electrons. The number of aliphatic carboxylic acids is 1. The molecule has 0 saturated heterocycles. The molecular formula is C25H49N15O7. The van der Waals surface area contributed by atoms with Gasteiger partial charge in [0.2, 0.25) is 29.5 Å². The number of carbonyl (C=O) groups is 6. The normalized spacial score (nSPS) is 13.0. The van der Waals surface area contributed by atoms with E-state index in [-0.39, 0.29) is 82.5 Å². The molecule has 0 unspecified atom stereocenters. The zero-order valence-electron chi connectivity index (χ0n) is 26.1. The lowest BCUT2D eigenvalue weighted by Gasteiger charge is -2.26. The molecule has 0 aliphatic carbocycles. The number of carbonyl (C=O) groups excluding carboxylic acids is 5. The zero-order chi connectivity index (χ0) is 35.9. The highest BCUT2D eigenvalue weighted by Gasteiger charge is 2.31. The molecule has 22 heteroatoms. The predicted octanol–water partition coefficient (Wildman–Crippen LogP) is -5.98. The fourth-order valence-corrected chi connectivity index (χ4v) is 4.01. The van der Waals surface area contributed by atoms with Crippen LogP contribution in [0, 0.1) is 16.2 Å². The molecule has 22 nitrogen and oxygen atoms in total. The summed E-state index contributed by atoms with van der Waals surface area (Å²) in [6, 6.07) is -5.24. The Hall–Kier alpha value is -5.41. The Morgan fingerprint density at radius 2 is 0.894 bits per heavy atom. The van der Waals surface area contributed by atoms with Gasteiger partial charge in [-0.1, -0.05) is 0 Å². The van der Waals surface area contributed by atoms with Crippen molar-refractivity contribution in [2.24, 2.45) is 28.7 Å². The Morgan fingerprint density at radius 3 is 1.19 bits per heavy atom. The van der Waals surface area contributed by atoms with Gasteiger partial charge in [-0.3, -0.25) is 40.2 Å². The zero-order valence-corrected chi connectivity index (χ0v) is 26.1. The second-order valence-electron chi connectivity index (χ2n) is 10.3. The Kier molecular flexibility index (Phi) is 20.4. The van der Waals surface area contributed by atoms with Gasteiger partial charge in [0.05, 0.1) is 6.54 Å². The Morgan fingerprint density at radius 1 is 0.553 bits per heavy atom. The number of hydrogen-bond acceptors (Lipinski definition) is 10. The SMILES string of the molecule is N=C(N)NCCC[C@H](NC(=O)CN)C(=O)N[C@@H](CCCNC(=N)N)C(=O)N[C@@H](CCCNC(=N)N)C(=O)N[C@@H](CCC(N)=O)C(=O)O. The molecule has 4 atom stereocenters. The average Bonchev–Trinajstić information content (AvgIpc) is 2.98. The molecule has 21 N–H and O–H groups in total. The van der Waals surface area contributed by atoms with Crippen molar-refractivity contribution in [1.29, 1.82) is 16.2 Å². The Bertz CT molecular complexity index is 1120. The third-order valence-corrected chi connectivity index (χ3v) is 6.35. The summed E-state index contributed by atoms with van der Waals surface area (Å²) in [5.41, 5.74) is 26.4. The van der Waals surface area contributed by atoms with Gasteiger partial charge < -0.3 is 71.0 Å². The number of guanidine groups is 3. The molecule has 0 rings (SSSR count). The minimum absolute atomic E-state index is 0.0160. The van der Waals surface area contributed by atoms with Gasteiger partial charge in [0.25, 0.3) is 0 Å². The summed E-state index contributed by atoms with van der Waals surface area (Å²) in [5.74, 6) is -6.27. The summed E-state index contributed by atoms with van der Waals surface area (Å²) in [6.45, 7) is 0.0865. The molecule has 0 aromatic heterocycles. The fourth-order valence-electron chi connectivity index (χ4n) is 4.01. The monoisotopic (exact) mass is 671 g/mol. The molecular weight excluding hydrogens is 622 g/mol. The van der Waals surface area contributed by atoms with Crippen molar-refractivity contribution in [3.63, 3.8) is 0 Å². The second kappa shape index (κ2) is 23.0. The van der Waals surface area contributed by atoms with Gasteiger partial charge in [-0.2, -0.15) is 0 Å². The summed E-state index contributed by atoms with van der Waals surface area (Å²) < 4.78 is 0. The number of primary amides is 1. The van der Waals surface area contributed by atoms with Gasteiger partial charge in [-0.15, -0.1) is 0 Å². The second-order valence-corrected chi connectivity index (χ2v) is 10.3. The highest BCUT2D eigenvalue weighted by atomic mass is 16.4. The van der Waals surface area contributed by atoms with E-state index in [9.17, 15) is 33.9 Å². The maximum Gasteiger partial charge on any atom is 0.326 e. The van der Waals surface area contributed by atoms with Gasteiger partial charge in [0.1, 0.15) is 24.2 Å². The smallest absolute Gasteiger partial charge is 0.326 e. The number of carboxylic acid groups (broad SMARTS) is 1. The molecule has 47 heavy (non-hydrogen) atoms. The van der Waals surface area contributed by atoms with Crippen LogP contribution >= 0.6 is 0 Å². The number of nitrogens with one attached hydrogen (secondary N) is 10. The van der Waals surface area contributed by atoms with Gasteiger partial charge in [-0.05, 0) is 44.9 Å². The highest BCUT2D eigenvalue weighted by molar-refractivity contribution is 5.95. The fraction of sp³-hybridized carbons (Fsp3) is 0.640. The molecule has 0 bridgehead atoms. The number of hydrogen-bond donors (Lipinski definition) is 16. The summed E-state index contributed by atoms with van der Waals surface area (Å²) >= 11 is 0. The minimum Gasteiger partial charge on any atom is -0.480 e. The predicted molar refractivity (Wildman–Crippen MR) is 170 cm³/mol. The van der Waals surface area contributed by atoms with E-state index in [1.54, 1.807) is 0 Å². The van der Waals surface area contributed by atoms with Crippen LogP contribution in [0.25, 0.3) is 0 Å². The van der Waals surface area contributed by atoms with E-state index < -0.39 is 66.2 Å². The highest BCUT2D eigenvalue weighted by Crippen LogP contribution is 2.06. The van der Waals surface area contributed by atoms with Crippen molar-refractivity contribution < 1.29 is 33.9 Å². The minimum atomic E-state index is -1.50. The lowest BCUT2D eigenvalue weighted by molar-refractivity contribution is -0.142. The lowest BCUT2D eigenvalue weighted by Crippen LogP contribution is -2.58. The van der Waals surface area contributed by atoms with Gasteiger partial charge in [0.15, 0.2) is 17.9 Å². The maximum atomic E-state index is 13.5. The molecule has 0 aliphatic rings. The topological polar surface area (TPSA) is 409 Å². The first kappa shape index (κ1) is 41.6. The molecule has 266 valence electrons. The molecule has 0 heterocycles. The van der Waals surface area contributed by atoms with Crippen molar-refractivity contribution in [3.8, 4) is 0 Å². The molecule has 0 saturated carbocycles. The average molecular weight is 672 g/mol. The van der Waals surface area contributed by atoms with E-state index >= 15 is 0 Å². The van der Waals surface area contributed by atoms with Crippen LogP contribution in [0.4, 0.5) is 0 Å². The van der Waals surface area contributed by atoms with Crippen LogP contribution in [0.5, 0.6) is 0 Å². The van der Waals surface area contributed by atoms with Gasteiger partial charge in [-0.25, -0.2) is 4.79 Å². The van der Waals surface area contributed by atoms with Crippen molar-refractivity contribution in [2.45, 2.75) is 75.5 Å². The van der Waals surface area contributed by atoms with E-state index in [2.05, 4.69) is 37.2 Å². The van der Waals surface area contributed by atoms with Gasteiger partial charge >= 0.3 is 5.97 Å². The van der Waals surface area contributed by atoms with Crippen LogP contribution in [0.15, 0.2) is 0 Å². The first-order valence-electron chi connectivity index (χ1n) is 14.7. The summed E-state index contributed by atoms with van der Waals surface area (Å²) in [5, 5.41) is 48.9. The standard InChI is InChI=1S/C25H49N15O7/c26-12-18(42)37-13(4-1-9-34-23(28)29)19(43)38-14(5-2-10-35-24(30)31)20(44)39-15(6-3-11-36-25(32)33)21(45)40-16(22(46)47)7-8-17(27)41/h13-16H,1-12,26H2,(H2,27,41)(H,37,42)(H,38,43)(H,39,44)(H,40,45)(H,46,47)(H4,28,29,34)(H4,30,31,35)(H4,32,33,36)/t13-,14-,15-,16-/m0/s1. The van der Waals surface area contributed by atoms with Crippen molar-refractivity contribution in [3.05, 3.63) is 0 Å². The van der Waals surface area contributed by atoms with Crippen LogP contribution < -0.4 is 65.9 Å². The Labute approximate surface area is 271 Å². The van der Waals surface area contributed by atoms with Crippen LogP contribution in [0.3, 0.4) is 0 Å². The van der Waals surface area contributed by atoms with E-state index in [0.29, 0.717) is 6.42 Å². The van der Waals surface area contributed by atoms with E-state index in [4.69, 9.17) is 44.9 Å². The molecule has 0 aromatic carbocycles. The summed E-state index contributed by atoms with van der Waals surface area (Å²) in [4.78, 5) is 74.9. The Balaban J connectivity index is 6.05. The van der Waals surface area contributed by atoms with Crippen LogP contribution in [-0.4, -0.2) is 109 Å². The number of nitrogens with two attached hydrogens (primary N) is 5. The third kappa shape index (κ3) is 20.3. The lowest BCUT2D eigenvalue weighted by atomic mass is 10.0. The number of carboxylic acids is 1. The molecule has 0 fully saturated rings. The molecule has 5 amide bonds. The van der Waals surface area contributed by atoms with E-state index in [1.807, 2.05) is 0 Å². The largest absolute Gasteiger partial charge is 0.480 e. The van der Waals surface area contributed by atoms with Crippen molar-refractivity contribution >= 4 is 53.4 Å². The summed E-state index contributed by atoms with van der Waals surface area (Å²) in [7, 11) is 0. The molecule has 0 spiro atoms. The number of rotatable bonds is 24. The van der Waals surface area contributed by atoms with Gasteiger partial charge in [0, 0.05) is 26.1 Å². The number of amides is 5. The summed E-state index contributed by atoms with van der Waals surface area (Å²) in [6.07, 6.45) is 0.0797. The van der Waals surface area contributed by atoms with Crippen LogP contribution in [0.1, 0.15) is 51.4 Å². The maximum absolute atomic E-state index is 13.5. The van der Waals surface area contributed by atoms with E-state index in [0.717, 1.165) is 0 Å². The van der Waals surface area contributed by atoms with E-state index in [1.165, 1.54) is 0 Å². The van der Waals surface area contributed by atoms with Crippen LogP contribution in [-0.2, 0) is 28.8 Å². The third-order valence-electron chi connectivity index (χ3n) is 6.35.